The Hall–Kier alpha value is -2.88. The van der Waals surface area contributed by atoms with Crippen molar-refractivity contribution in [1.29, 1.82) is 0 Å². The van der Waals surface area contributed by atoms with Gasteiger partial charge >= 0.3 is 11.9 Å². The van der Waals surface area contributed by atoms with Crippen molar-refractivity contribution in [3.8, 4) is 0 Å². The number of hydrogen-bond acceptors (Lipinski definition) is 2. The Kier molecular flexibility index (Phi) is 3.97. The largest absolute Gasteiger partial charge is 0.478 e. The van der Waals surface area contributed by atoms with Crippen molar-refractivity contribution >= 4 is 23.6 Å². The maximum absolute atomic E-state index is 11.4. The summed E-state index contributed by atoms with van der Waals surface area (Å²) in [4.78, 5) is 22.7. The molecule has 0 amide bonds. The van der Waals surface area contributed by atoms with E-state index in [1.54, 1.807) is 6.07 Å². The molecule has 1 atom stereocenters. The molecule has 1 unspecified atom stereocenters. The summed E-state index contributed by atoms with van der Waals surface area (Å²) in [6.45, 7) is 4.26. The van der Waals surface area contributed by atoms with Crippen LogP contribution >= 0.6 is 0 Å². The first-order valence-electron chi connectivity index (χ1n) is 7.81. The molecule has 0 fully saturated rings. The lowest BCUT2D eigenvalue weighted by Crippen LogP contribution is -2.10. The molecule has 1 aliphatic rings. The fourth-order valence-electron chi connectivity index (χ4n) is 3.42. The molecule has 2 N–H and O–H groups in total. The number of carboxylic acids is 2. The van der Waals surface area contributed by atoms with Gasteiger partial charge in [0.2, 0.25) is 0 Å². The van der Waals surface area contributed by atoms with Crippen LogP contribution in [0.1, 0.15) is 57.2 Å². The summed E-state index contributed by atoms with van der Waals surface area (Å²) in [7, 11) is 0. The molecule has 4 heteroatoms. The van der Waals surface area contributed by atoms with Crippen LogP contribution in [0.4, 0.5) is 0 Å². The number of aromatic carboxylic acids is 2. The zero-order valence-electron chi connectivity index (χ0n) is 13.5. The molecular weight excluding hydrogens is 304 g/mol. The van der Waals surface area contributed by atoms with Gasteiger partial charge in [-0.25, -0.2) is 9.59 Å². The molecule has 0 saturated carbocycles. The van der Waals surface area contributed by atoms with Crippen molar-refractivity contribution in [2.45, 2.75) is 19.8 Å². The lowest BCUT2D eigenvalue weighted by Gasteiger charge is -2.21. The van der Waals surface area contributed by atoms with E-state index in [0.717, 1.165) is 16.7 Å². The second-order valence-electron chi connectivity index (χ2n) is 6.32. The van der Waals surface area contributed by atoms with Gasteiger partial charge in [0.05, 0.1) is 11.1 Å². The Morgan fingerprint density at radius 1 is 0.958 bits per heavy atom. The molecule has 0 aliphatic heterocycles. The molecule has 0 radical (unpaired) electrons. The SMILES string of the molecule is CC(C)C1C(c2ccc(C(=O)O)c(C(=O)O)c2)=Cc2ccccc21. The Bertz CT molecular complexity index is 862. The maximum atomic E-state index is 11.4. The Labute approximate surface area is 140 Å². The van der Waals surface area contributed by atoms with Crippen molar-refractivity contribution in [2.24, 2.45) is 5.92 Å². The van der Waals surface area contributed by atoms with E-state index in [2.05, 4.69) is 26.0 Å². The van der Waals surface area contributed by atoms with Crippen LogP contribution in [0.5, 0.6) is 0 Å². The van der Waals surface area contributed by atoms with Gasteiger partial charge in [0.25, 0.3) is 0 Å². The van der Waals surface area contributed by atoms with Crippen LogP contribution < -0.4 is 0 Å². The summed E-state index contributed by atoms with van der Waals surface area (Å²) < 4.78 is 0. The highest BCUT2D eigenvalue weighted by molar-refractivity contribution is 6.03. The normalized spacial score (nSPS) is 16.0. The van der Waals surface area contributed by atoms with Gasteiger partial charge in [0.1, 0.15) is 0 Å². The molecule has 3 rings (SSSR count). The Morgan fingerprint density at radius 3 is 2.25 bits per heavy atom. The first-order valence-corrected chi connectivity index (χ1v) is 7.81. The average molecular weight is 322 g/mol. The Balaban J connectivity index is 2.14. The highest BCUT2D eigenvalue weighted by Crippen LogP contribution is 2.46. The second-order valence-corrected chi connectivity index (χ2v) is 6.32. The van der Waals surface area contributed by atoms with Gasteiger partial charge in [0, 0.05) is 5.92 Å². The summed E-state index contributed by atoms with van der Waals surface area (Å²) >= 11 is 0. The topological polar surface area (TPSA) is 74.6 Å². The molecule has 1 aliphatic carbocycles. The lowest BCUT2D eigenvalue weighted by atomic mass is 9.82. The summed E-state index contributed by atoms with van der Waals surface area (Å²) in [5.74, 6) is -1.96. The van der Waals surface area contributed by atoms with Crippen LogP contribution in [-0.4, -0.2) is 22.2 Å². The molecule has 4 nitrogen and oxygen atoms in total. The van der Waals surface area contributed by atoms with E-state index in [0.29, 0.717) is 5.92 Å². The fraction of sp³-hybridized carbons (Fsp3) is 0.200. The molecule has 122 valence electrons. The van der Waals surface area contributed by atoms with Crippen molar-refractivity contribution < 1.29 is 19.8 Å². The van der Waals surface area contributed by atoms with Gasteiger partial charge in [-0.05, 0) is 40.3 Å². The molecule has 0 saturated heterocycles. The Morgan fingerprint density at radius 2 is 1.62 bits per heavy atom. The van der Waals surface area contributed by atoms with Gasteiger partial charge in [-0.1, -0.05) is 50.3 Å². The minimum absolute atomic E-state index is 0.165. The quantitative estimate of drug-likeness (QED) is 0.876. The molecule has 0 spiro atoms. The van der Waals surface area contributed by atoms with E-state index in [1.165, 1.54) is 17.7 Å². The van der Waals surface area contributed by atoms with Crippen molar-refractivity contribution in [1.82, 2.24) is 0 Å². The third-order valence-corrected chi connectivity index (χ3v) is 4.46. The average Bonchev–Trinajstić information content (AvgIpc) is 2.93. The first kappa shape index (κ1) is 16.0. The number of hydrogen-bond donors (Lipinski definition) is 2. The van der Waals surface area contributed by atoms with Crippen molar-refractivity contribution in [3.63, 3.8) is 0 Å². The number of fused-ring (bicyclic) bond motifs is 1. The van der Waals surface area contributed by atoms with E-state index in [-0.39, 0.29) is 17.0 Å². The third kappa shape index (κ3) is 2.60. The number of carbonyl (C=O) groups is 2. The second kappa shape index (κ2) is 5.96. The van der Waals surface area contributed by atoms with E-state index >= 15 is 0 Å². The van der Waals surface area contributed by atoms with Gasteiger partial charge in [-0.3, -0.25) is 0 Å². The standard InChI is InChI=1S/C20H18O4/c1-11(2)18-14-6-4-3-5-12(14)9-16(18)13-7-8-15(19(21)22)17(10-13)20(23)24/h3-11,18H,1-2H3,(H,21,22)(H,23,24). The van der Waals surface area contributed by atoms with Crippen LogP contribution in [0.2, 0.25) is 0 Å². The summed E-state index contributed by atoms with van der Waals surface area (Å²) in [6, 6.07) is 12.7. The molecule has 2 aromatic carbocycles. The van der Waals surface area contributed by atoms with Gasteiger partial charge in [-0.2, -0.15) is 0 Å². The predicted molar refractivity (Wildman–Crippen MR) is 92.3 cm³/mol. The minimum Gasteiger partial charge on any atom is -0.478 e. The van der Waals surface area contributed by atoms with Crippen molar-refractivity contribution in [3.05, 3.63) is 70.3 Å². The van der Waals surface area contributed by atoms with Crippen molar-refractivity contribution in [2.75, 3.05) is 0 Å². The molecule has 2 aromatic rings. The molecule has 24 heavy (non-hydrogen) atoms. The van der Waals surface area contributed by atoms with Crippen LogP contribution in [0, 0.1) is 5.92 Å². The monoisotopic (exact) mass is 322 g/mol. The third-order valence-electron chi connectivity index (χ3n) is 4.46. The summed E-state index contributed by atoms with van der Waals surface area (Å²) in [6.07, 6.45) is 2.07. The predicted octanol–water partition coefficient (Wildman–Crippen LogP) is 4.38. The smallest absolute Gasteiger partial charge is 0.336 e. The van der Waals surface area contributed by atoms with Crippen LogP contribution in [0.15, 0.2) is 42.5 Å². The number of rotatable bonds is 4. The van der Waals surface area contributed by atoms with Gasteiger partial charge < -0.3 is 10.2 Å². The van der Waals surface area contributed by atoms with Crippen LogP contribution in [0.25, 0.3) is 11.6 Å². The maximum Gasteiger partial charge on any atom is 0.336 e. The van der Waals surface area contributed by atoms with E-state index in [1.807, 2.05) is 18.2 Å². The van der Waals surface area contributed by atoms with E-state index in [9.17, 15) is 19.8 Å². The highest BCUT2D eigenvalue weighted by Gasteiger charge is 2.29. The summed E-state index contributed by atoms with van der Waals surface area (Å²) in [5.41, 5.74) is 3.77. The number of allylic oxidation sites excluding steroid dienone is 1. The minimum atomic E-state index is -1.23. The van der Waals surface area contributed by atoms with Crippen LogP contribution in [-0.2, 0) is 0 Å². The molecule has 0 aromatic heterocycles. The molecular formula is C20H18O4. The number of benzene rings is 2. The van der Waals surface area contributed by atoms with Gasteiger partial charge in [-0.15, -0.1) is 0 Å². The summed E-state index contributed by atoms with van der Waals surface area (Å²) in [5, 5.41) is 18.5. The van der Waals surface area contributed by atoms with Gasteiger partial charge in [0.15, 0.2) is 0 Å². The zero-order chi connectivity index (χ0) is 17.4. The highest BCUT2D eigenvalue weighted by atomic mass is 16.4. The lowest BCUT2D eigenvalue weighted by molar-refractivity contribution is 0.0651. The zero-order valence-corrected chi connectivity index (χ0v) is 13.5. The number of carboxylic acid groups (broad SMARTS) is 2. The van der Waals surface area contributed by atoms with E-state index < -0.39 is 11.9 Å². The van der Waals surface area contributed by atoms with E-state index in [4.69, 9.17) is 0 Å². The molecule has 0 bridgehead atoms. The first-order chi connectivity index (χ1) is 11.4. The fourth-order valence-corrected chi connectivity index (χ4v) is 3.42. The molecule has 0 heterocycles. The van der Waals surface area contributed by atoms with Crippen LogP contribution in [0.3, 0.4) is 0 Å².